The van der Waals surface area contributed by atoms with Gasteiger partial charge in [-0.3, -0.25) is 9.59 Å². The van der Waals surface area contributed by atoms with Crippen LogP contribution < -0.4 is 15.4 Å². The molecule has 2 aromatic heterocycles. The van der Waals surface area contributed by atoms with E-state index >= 15 is 0 Å². The van der Waals surface area contributed by atoms with E-state index in [0.717, 1.165) is 74.2 Å². The number of hydrogen-bond donors (Lipinski definition) is 4. The van der Waals surface area contributed by atoms with Gasteiger partial charge in [-0.05, 0) is 83.0 Å². The molecule has 0 radical (unpaired) electrons. The summed E-state index contributed by atoms with van der Waals surface area (Å²) >= 11 is 0. The SMILES string of the molecule is CCCC(F)OC[C@H]1CC(c2nc3c(ccc4cc5c(cc43)OCc3cc(-c4cnc([C@@H]6CC7CC7N6C(=O)[C@@H](NC(=O)OC)C(C)C)[nH]4)ccc3-5)[nH]2)N(C(=O)[C@H](NC(=O)OC)c2ccccc2)C1. The fourth-order valence-electron chi connectivity index (χ4n) is 10.5. The van der Waals surface area contributed by atoms with E-state index in [2.05, 4.69) is 44.9 Å². The maximum Gasteiger partial charge on any atom is 0.407 e. The number of nitrogens with one attached hydrogen (secondary N) is 4. The minimum absolute atomic E-state index is 0.124. The first kappa shape index (κ1) is 45.8. The molecule has 3 aliphatic heterocycles. The lowest BCUT2D eigenvalue weighted by Gasteiger charge is -2.31. The standard InChI is InChI=1S/C52H57FN8O8/c1-6-10-43(53)69-25-28-17-40(60(24-28)49(62)45(59-52(65)67-5)29-11-8-7-9-12-29)48-55-37-16-14-30-19-36-34-15-13-31(18-33(34)26-68-42(36)22-35(30)46(37)57-48)38-23-54-47(56-38)41-21-32-20-39(32)61(41)50(63)44(27(2)3)58-51(64)66-4/h7-9,11-16,18-19,22-23,27-28,32,39-41,43-45H,6,10,17,20-21,24-26H2,1-5H3,(H,54,56)(H,55,57)(H,58,64)(H,59,65)/t28-,32?,39?,40?,41-,43?,44-,45+/m0/s1. The quantitative estimate of drug-likeness (QED) is 0.0820. The molecular weight excluding hydrogens is 884 g/mol. The minimum atomic E-state index is -1.40. The number of amides is 4. The summed E-state index contributed by atoms with van der Waals surface area (Å²) in [4.78, 5) is 73.8. The van der Waals surface area contributed by atoms with Gasteiger partial charge in [-0.1, -0.05) is 75.7 Å². The Labute approximate surface area is 398 Å². The number of alkyl carbamates (subject to hydrolysis) is 2. The number of likely N-dealkylation sites (tertiary alicyclic amines) is 2. The summed E-state index contributed by atoms with van der Waals surface area (Å²) < 4.78 is 36.4. The van der Waals surface area contributed by atoms with Crippen molar-refractivity contribution in [2.75, 3.05) is 27.4 Å². The van der Waals surface area contributed by atoms with E-state index in [1.807, 2.05) is 56.1 Å². The molecule has 4 unspecified atom stereocenters. The van der Waals surface area contributed by atoms with Crippen molar-refractivity contribution in [1.29, 1.82) is 0 Å². The van der Waals surface area contributed by atoms with Crippen LogP contribution in [0.25, 0.3) is 44.2 Å². The second kappa shape index (κ2) is 18.8. The van der Waals surface area contributed by atoms with Crippen LogP contribution in [0.2, 0.25) is 0 Å². The third-order valence-electron chi connectivity index (χ3n) is 14.2. The molecule has 16 nitrogen and oxygen atoms in total. The summed E-state index contributed by atoms with van der Waals surface area (Å²) in [6.07, 6.45) is 2.19. The van der Waals surface area contributed by atoms with Gasteiger partial charge in [0.05, 0.1) is 55.8 Å². The lowest BCUT2D eigenvalue weighted by atomic mass is 9.92. The Kier molecular flexibility index (Phi) is 12.5. The third-order valence-corrected chi connectivity index (χ3v) is 14.2. The van der Waals surface area contributed by atoms with Crippen molar-refractivity contribution in [3.8, 4) is 28.1 Å². The number of benzene rings is 4. The molecule has 0 bridgehead atoms. The van der Waals surface area contributed by atoms with Crippen molar-refractivity contribution in [2.24, 2.45) is 17.8 Å². The van der Waals surface area contributed by atoms with E-state index < -0.39 is 36.7 Å². The summed E-state index contributed by atoms with van der Waals surface area (Å²) in [6.45, 7) is 6.46. The zero-order valence-electron chi connectivity index (χ0n) is 39.3. The molecule has 6 aromatic rings. The number of aromatic amines is 2. The monoisotopic (exact) mass is 940 g/mol. The van der Waals surface area contributed by atoms with Gasteiger partial charge in [-0.2, -0.15) is 0 Å². The lowest BCUT2D eigenvalue weighted by Crippen LogP contribution is -2.52. The van der Waals surface area contributed by atoms with Crippen molar-refractivity contribution >= 4 is 45.8 Å². The number of aromatic nitrogens is 4. The van der Waals surface area contributed by atoms with Gasteiger partial charge in [0.2, 0.25) is 5.91 Å². The summed E-state index contributed by atoms with van der Waals surface area (Å²) in [7, 11) is 2.55. The molecule has 4 amide bonds. The van der Waals surface area contributed by atoms with Crippen molar-refractivity contribution in [1.82, 2.24) is 40.4 Å². The van der Waals surface area contributed by atoms with E-state index in [-0.39, 0.29) is 55.3 Å². The average molecular weight is 941 g/mol. The number of hydrogen-bond acceptors (Lipinski definition) is 10. The number of methoxy groups -OCH3 is 2. The van der Waals surface area contributed by atoms with Gasteiger partial charge in [0.1, 0.15) is 36.1 Å². The highest BCUT2D eigenvalue weighted by Gasteiger charge is 2.56. The predicted molar refractivity (Wildman–Crippen MR) is 254 cm³/mol. The molecule has 17 heteroatoms. The number of halogens is 1. The smallest absolute Gasteiger partial charge is 0.407 e. The number of ether oxygens (including phenoxy) is 4. The number of imidazole rings is 2. The number of fused-ring (bicyclic) bond motifs is 7. The second-order valence-corrected chi connectivity index (χ2v) is 19.0. The molecule has 4 N–H and O–H groups in total. The van der Waals surface area contributed by atoms with Gasteiger partial charge in [0.15, 0.2) is 6.36 Å². The Balaban J connectivity index is 0.915. The van der Waals surface area contributed by atoms with E-state index in [4.69, 9.17) is 28.9 Å². The number of nitrogens with zero attached hydrogens (tertiary/aromatic N) is 4. The summed E-state index contributed by atoms with van der Waals surface area (Å²) in [5.41, 5.74) is 6.87. The summed E-state index contributed by atoms with van der Waals surface area (Å²) in [5, 5.41) is 7.30. The highest BCUT2D eigenvalue weighted by atomic mass is 19.1. The molecule has 1 aliphatic carbocycles. The Morgan fingerprint density at radius 2 is 1.68 bits per heavy atom. The van der Waals surface area contributed by atoms with Crippen molar-refractivity contribution in [3.63, 3.8) is 0 Å². The minimum Gasteiger partial charge on any atom is -0.488 e. The molecule has 4 aromatic carbocycles. The van der Waals surface area contributed by atoms with Crippen LogP contribution in [-0.4, -0.2) is 99.5 Å². The van der Waals surface area contributed by atoms with Gasteiger partial charge < -0.3 is 49.3 Å². The molecule has 1 saturated carbocycles. The first-order valence-corrected chi connectivity index (χ1v) is 23.8. The van der Waals surface area contributed by atoms with Crippen LogP contribution in [0.4, 0.5) is 14.0 Å². The van der Waals surface area contributed by atoms with E-state index in [9.17, 15) is 23.6 Å². The fourth-order valence-corrected chi connectivity index (χ4v) is 10.5. The third kappa shape index (κ3) is 8.84. The maximum atomic E-state index is 14.6. The Bertz CT molecular complexity index is 2920. The van der Waals surface area contributed by atoms with Crippen LogP contribution in [0.1, 0.15) is 93.8 Å². The van der Waals surface area contributed by atoms with E-state index in [1.54, 1.807) is 29.2 Å². The van der Waals surface area contributed by atoms with Crippen LogP contribution in [0.3, 0.4) is 0 Å². The highest BCUT2D eigenvalue weighted by Crippen LogP contribution is 2.53. The van der Waals surface area contributed by atoms with Gasteiger partial charge in [0, 0.05) is 35.9 Å². The van der Waals surface area contributed by atoms with Crippen molar-refractivity contribution in [2.45, 2.75) is 96.0 Å². The fraction of sp³-hybridized carbons (Fsp3) is 0.423. The van der Waals surface area contributed by atoms with Crippen molar-refractivity contribution < 1.29 is 42.5 Å². The first-order valence-electron chi connectivity index (χ1n) is 23.8. The Morgan fingerprint density at radius 3 is 2.45 bits per heavy atom. The number of H-pyrrole nitrogens is 2. The zero-order valence-corrected chi connectivity index (χ0v) is 39.3. The Morgan fingerprint density at radius 1 is 0.884 bits per heavy atom. The highest BCUT2D eigenvalue weighted by molar-refractivity contribution is 6.07. The average Bonchev–Trinajstić information content (AvgIpc) is 3.83. The number of piperidine rings is 1. The van der Waals surface area contributed by atoms with Gasteiger partial charge >= 0.3 is 12.2 Å². The van der Waals surface area contributed by atoms with Gasteiger partial charge in [-0.15, -0.1) is 0 Å². The summed E-state index contributed by atoms with van der Waals surface area (Å²) in [5.74, 6) is 1.63. The molecule has 8 atom stereocenters. The second-order valence-electron chi connectivity index (χ2n) is 19.0. The molecule has 10 rings (SSSR count). The number of alkyl halides is 1. The predicted octanol–water partition coefficient (Wildman–Crippen LogP) is 8.81. The van der Waals surface area contributed by atoms with Crippen molar-refractivity contribution in [3.05, 3.63) is 102 Å². The molecule has 0 spiro atoms. The van der Waals surface area contributed by atoms with Gasteiger partial charge in [-0.25, -0.2) is 23.9 Å². The lowest BCUT2D eigenvalue weighted by molar-refractivity contribution is -0.137. The van der Waals surface area contributed by atoms with Crippen LogP contribution in [-0.2, 0) is 30.4 Å². The topological polar surface area (TPSA) is 193 Å². The Hall–Kier alpha value is -7.01. The molecule has 4 aliphatic rings. The number of rotatable bonds is 14. The summed E-state index contributed by atoms with van der Waals surface area (Å²) in [6, 6.07) is 21.1. The number of carbonyl (C=O) groups excluding carboxylic acids is 4. The maximum absolute atomic E-state index is 14.6. The van der Waals surface area contributed by atoms with Crippen LogP contribution in [0, 0.1) is 17.8 Å². The molecule has 2 saturated heterocycles. The van der Waals surface area contributed by atoms with Crippen LogP contribution in [0.15, 0.2) is 79.0 Å². The van der Waals surface area contributed by atoms with Gasteiger partial charge in [0.25, 0.3) is 5.91 Å². The molecular formula is C52H57FN8O8. The largest absolute Gasteiger partial charge is 0.488 e. The molecule has 5 heterocycles. The zero-order chi connectivity index (χ0) is 48.1. The normalized spacial score (nSPS) is 21.5. The van der Waals surface area contributed by atoms with Crippen LogP contribution >= 0.6 is 0 Å². The van der Waals surface area contributed by atoms with E-state index in [1.165, 1.54) is 14.2 Å². The molecule has 3 fully saturated rings. The molecule has 360 valence electrons. The molecule has 69 heavy (non-hydrogen) atoms. The first-order chi connectivity index (χ1) is 33.4. The number of carbonyl (C=O) groups is 4. The van der Waals surface area contributed by atoms with Crippen LogP contribution in [0.5, 0.6) is 5.75 Å². The van der Waals surface area contributed by atoms with E-state index in [0.29, 0.717) is 36.8 Å².